The van der Waals surface area contributed by atoms with E-state index in [2.05, 4.69) is 21.2 Å². The van der Waals surface area contributed by atoms with Crippen LogP contribution in [0.2, 0.25) is 5.02 Å². The number of nitrogens with zero attached hydrogens (tertiary/aromatic N) is 1. The number of hydrogen-bond donors (Lipinski definition) is 1. The molecule has 0 aliphatic carbocycles. The number of nitrogens with one attached hydrogen (secondary N) is 1. The molecule has 0 saturated carbocycles. The minimum Gasteiger partial charge on any atom is -0.493 e. The summed E-state index contributed by atoms with van der Waals surface area (Å²) in [6.07, 6.45) is 1.49. The average molecular weight is 512 g/mol. The van der Waals surface area contributed by atoms with Gasteiger partial charge in [-0.3, -0.25) is 4.79 Å². The van der Waals surface area contributed by atoms with Crippen molar-refractivity contribution in [3.63, 3.8) is 0 Å². The fourth-order valence-electron chi connectivity index (χ4n) is 2.94. The number of amides is 1. The third-order valence-corrected chi connectivity index (χ3v) is 5.67. The second kappa shape index (κ2) is 10.9. The van der Waals surface area contributed by atoms with Crippen molar-refractivity contribution < 1.29 is 14.3 Å². The van der Waals surface area contributed by atoms with Crippen LogP contribution in [0.25, 0.3) is 6.08 Å². The Morgan fingerprint density at radius 2 is 1.94 bits per heavy atom. The lowest BCUT2D eigenvalue weighted by Gasteiger charge is -2.14. The van der Waals surface area contributed by atoms with Gasteiger partial charge < -0.3 is 14.8 Å². The van der Waals surface area contributed by atoms with Crippen molar-refractivity contribution in [1.29, 1.82) is 5.26 Å². The largest absolute Gasteiger partial charge is 0.493 e. The Labute approximate surface area is 200 Å². The second-order valence-corrected chi connectivity index (χ2v) is 8.11. The lowest BCUT2D eigenvalue weighted by atomic mass is 10.1. The third kappa shape index (κ3) is 5.70. The number of nitriles is 1. The van der Waals surface area contributed by atoms with Crippen molar-refractivity contribution >= 4 is 45.2 Å². The van der Waals surface area contributed by atoms with Gasteiger partial charge >= 0.3 is 0 Å². The van der Waals surface area contributed by atoms with E-state index in [9.17, 15) is 10.1 Å². The highest BCUT2D eigenvalue weighted by molar-refractivity contribution is 9.10. The summed E-state index contributed by atoms with van der Waals surface area (Å²) >= 11 is 9.61. The van der Waals surface area contributed by atoms with E-state index in [0.717, 1.165) is 11.1 Å². The molecule has 0 radical (unpaired) electrons. The Morgan fingerprint density at radius 1 is 1.19 bits per heavy atom. The minimum atomic E-state index is -0.530. The van der Waals surface area contributed by atoms with Crippen molar-refractivity contribution in [2.75, 3.05) is 12.4 Å². The van der Waals surface area contributed by atoms with Gasteiger partial charge in [0.2, 0.25) is 0 Å². The highest BCUT2D eigenvalue weighted by Crippen LogP contribution is 2.38. The maximum Gasteiger partial charge on any atom is 0.266 e. The molecule has 0 aliphatic heterocycles. The van der Waals surface area contributed by atoms with E-state index in [-0.39, 0.29) is 5.57 Å². The van der Waals surface area contributed by atoms with Crippen LogP contribution in [-0.4, -0.2) is 13.0 Å². The number of ether oxygens (including phenoxy) is 2. The number of rotatable bonds is 7. The molecule has 0 aromatic heterocycles. The molecular weight excluding hydrogens is 492 g/mol. The first kappa shape index (κ1) is 23.4. The van der Waals surface area contributed by atoms with E-state index >= 15 is 0 Å². The van der Waals surface area contributed by atoms with E-state index in [1.807, 2.05) is 36.4 Å². The predicted molar refractivity (Wildman–Crippen MR) is 130 cm³/mol. The fraction of sp³-hybridized carbons (Fsp3) is 0.120. The molecule has 1 N–H and O–H groups in total. The molecule has 7 heteroatoms. The number of methoxy groups -OCH3 is 1. The molecule has 162 valence electrons. The zero-order valence-electron chi connectivity index (χ0n) is 17.5. The normalized spacial score (nSPS) is 10.9. The van der Waals surface area contributed by atoms with Crippen molar-refractivity contribution in [2.24, 2.45) is 0 Å². The van der Waals surface area contributed by atoms with Crippen molar-refractivity contribution in [3.8, 4) is 17.6 Å². The molecule has 3 aromatic rings. The average Bonchev–Trinajstić information content (AvgIpc) is 2.80. The Morgan fingerprint density at radius 3 is 2.62 bits per heavy atom. The van der Waals surface area contributed by atoms with Crippen LogP contribution in [0.5, 0.6) is 11.5 Å². The third-order valence-electron chi connectivity index (χ3n) is 4.67. The number of carbonyl (C=O) groups excluding carboxylic acids is 1. The molecule has 1 amide bonds. The minimum absolute atomic E-state index is 0.0590. The number of carbonyl (C=O) groups is 1. The van der Waals surface area contributed by atoms with Gasteiger partial charge in [0.25, 0.3) is 5.91 Å². The maximum absolute atomic E-state index is 12.7. The van der Waals surface area contributed by atoms with Gasteiger partial charge in [0, 0.05) is 10.7 Å². The number of hydrogen-bond acceptors (Lipinski definition) is 4. The summed E-state index contributed by atoms with van der Waals surface area (Å²) in [5.41, 5.74) is 2.84. The quantitative estimate of drug-likeness (QED) is 0.289. The molecule has 32 heavy (non-hydrogen) atoms. The molecule has 0 saturated heterocycles. The molecule has 0 fully saturated rings. The smallest absolute Gasteiger partial charge is 0.266 e. The van der Waals surface area contributed by atoms with Crippen LogP contribution in [0.15, 0.2) is 70.7 Å². The Hall–Kier alpha value is -3.27. The summed E-state index contributed by atoms with van der Waals surface area (Å²) in [5.74, 6) is 0.480. The van der Waals surface area contributed by atoms with Crippen LogP contribution in [0.1, 0.15) is 16.7 Å². The summed E-state index contributed by atoms with van der Waals surface area (Å²) < 4.78 is 12.0. The lowest BCUT2D eigenvalue weighted by Crippen LogP contribution is -2.14. The molecule has 0 atom stereocenters. The Kier molecular flexibility index (Phi) is 7.93. The van der Waals surface area contributed by atoms with Gasteiger partial charge in [0.1, 0.15) is 18.2 Å². The summed E-state index contributed by atoms with van der Waals surface area (Å²) in [6, 6.07) is 20.4. The van der Waals surface area contributed by atoms with Gasteiger partial charge in [0.15, 0.2) is 11.5 Å². The van der Waals surface area contributed by atoms with Crippen molar-refractivity contribution in [1.82, 2.24) is 0 Å². The molecule has 0 aliphatic rings. The Balaban J connectivity index is 1.84. The van der Waals surface area contributed by atoms with Crippen LogP contribution >= 0.6 is 27.5 Å². The van der Waals surface area contributed by atoms with Gasteiger partial charge in [-0.05, 0) is 69.9 Å². The van der Waals surface area contributed by atoms with E-state index in [0.29, 0.717) is 38.9 Å². The Bertz CT molecular complexity index is 1200. The highest BCUT2D eigenvalue weighted by atomic mass is 79.9. The number of halogens is 2. The van der Waals surface area contributed by atoms with E-state index in [1.165, 1.54) is 13.2 Å². The predicted octanol–water partition coefficient (Wildman–Crippen LogP) is 6.54. The fourth-order valence-corrected chi connectivity index (χ4v) is 3.69. The summed E-state index contributed by atoms with van der Waals surface area (Å²) in [6.45, 7) is 2.17. The summed E-state index contributed by atoms with van der Waals surface area (Å²) in [5, 5.41) is 12.8. The summed E-state index contributed by atoms with van der Waals surface area (Å²) in [7, 11) is 1.53. The molecule has 0 spiro atoms. The van der Waals surface area contributed by atoms with Crippen LogP contribution in [-0.2, 0) is 11.4 Å². The topological polar surface area (TPSA) is 71.3 Å². The van der Waals surface area contributed by atoms with Crippen molar-refractivity contribution in [2.45, 2.75) is 13.5 Å². The molecule has 3 aromatic carbocycles. The van der Waals surface area contributed by atoms with E-state index < -0.39 is 5.91 Å². The van der Waals surface area contributed by atoms with Gasteiger partial charge in [-0.25, -0.2) is 0 Å². The first-order valence-corrected chi connectivity index (χ1v) is 10.8. The van der Waals surface area contributed by atoms with Crippen LogP contribution in [0.3, 0.4) is 0 Å². The van der Waals surface area contributed by atoms with Crippen LogP contribution in [0.4, 0.5) is 5.69 Å². The van der Waals surface area contributed by atoms with Gasteiger partial charge in [0.05, 0.1) is 11.6 Å². The van der Waals surface area contributed by atoms with E-state index in [1.54, 1.807) is 37.3 Å². The van der Waals surface area contributed by atoms with Crippen LogP contribution in [0, 0.1) is 18.3 Å². The summed E-state index contributed by atoms with van der Waals surface area (Å²) in [4.78, 5) is 12.7. The highest BCUT2D eigenvalue weighted by Gasteiger charge is 2.15. The number of benzene rings is 3. The maximum atomic E-state index is 12.7. The molecule has 0 unspecified atom stereocenters. The molecule has 3 rings (SSSR count). The standard InChI is InChI=1S/C25H20BrClN2O3/c1-16-21(27)9-6-10-22(16)29-25(30)19(14-28)11-18-12-20(26)24(23(13-18)31-2)32-15-17-7-4-3-5-8-17/h3-13H,15H2,1-2H3,(H,29,30)/b19-11+. The van der Waals surface area contributed by atoms with E-state index in [4.69, 9.17) is 21.1 Å². The van der Waals surface area contributed by atoms with Gasteiger partial charge in [-0.15, -0.1) is 0 Å². The second-order valence-electron chi connectivity index (χ2n) is 6.84. The van der Waals surface area contributed by atoms with Gasteiger partial charge in [-0.1, -0.05) is 48.0 Å². The zero-order valence-corrected chi connectivity index (χ0v) is 19.8. The molecular formula is C25H20BrClN2O3. The molecule has 5 nitrogen and oxygen atoms in total. The SMILES string of the molecule is COc1cc(/C=C(\C#N)C(=O)Nc2cccc(Cl)c2C)cc(Br)c1OCc1ccccc1. The lowest BCUT2D eigenvalue weighted by molar-refractivity contribution is -0.112. The molecule has 0 heterocycles. The monoisotopic (exact) mass is 510 g/mol. The van der Waals surface area contributed by atoms with Gasteiger partial charge in [-0.2, -0.15) is 5.26 Å². The first-order chi connectivity index (χ1) is 15.4. The number of anilines is 1. The zero-order chi connectivity index (χ0) is 23.1. The first-order valence-electron chi connectivity index (χ1n) is 9.65. The van der Waals surface area contributed by atoms with Crippen molar-refractivity contribution in [3.05, 3.63) is 92.4 Å². The van der Waals surface area contributed by atoms with Crippen LogP contribution < -0.4 is 14.8 Å². The molecule has 0 bridgehead atoms.